The van der Waals surface area contributed by atoms with Crippen LogP contribution in [-0.2, 0) is 19.1 Å². The van der Waals surface area contributed by atoms with Gasteiger partial charge in [-0.1, -0.05) is 13.3 Å². The van der Waals surface area contributed by atoms with E-state index in [0.29, 0.717) is 18.1 Å². The van der Waals surface area contributed by atoms with Crippen LogP contribution in [0.3, 0.4) is 0 Å². The first kappa shape index (κ1) is 18.4. The highest BCUT2D eigenvalue weighted by Gasteiger charge is 2.43. The van der Waals surface area contributed by atoms with E-state index >= 15 is 0 Å². The third-order valence-electron chi connectivity index (χ3n) is 3.62. The maximum absolute atomic E-state index is 12.3. The van der Waals surface area contributed by atoms with Gasteiger partial charge in [0.15, 0.2) is 6.61 Å². The summed E-state index contributed by atoms with van der Waals surface area (Å²) in [5.74, 6) is -0.128. The average Bonchev–Trinajstić information content (AvgIpc) is 3.21. The fourth-order valence-corrected chi connectivity index (χ4v) is 3.83. The number of carbonyl (C=O) groups is 3. The Kier molecular flexibility index (Phi) is 6.72. The number of rotatable bonds is 7. The molecule has 2 atom stereocenters. The van der Waals surface area contributed by atoms with E-state index in [1.165, 1.54) is 29.8 Å². The summed E-state index contributed by atoms with van der Waals surface area (Å²) in [5, 5.41) is 2.32. The van der Waals surface area contributed by atoms with Crippen LogP contribution >= 0.6 is 11.8 Å². The SMILES string of the molecule is CCCCNC(=O)COC(=O)[C@H]1CS[C@H](c2ccco2)N1C(C)=O. The first-order valence-corrected chi connectivity index (χ1v) is 8.96. The van der Waals surface area contributed by atoms with Crippen LogP contribution in [-0.4, -0.2) is 47.6 Å². The van der Waals surface area contributed by atoms with Gasteiger partial charge in [0, 0.05) is 19.2 Å². The van der Waals surface area contributed by atoms with Gasteiger partial charge in [-0.25, -0.2) is 4.79 Å². The lowest BCUT2D eigenvalue weighted by Crippen LogP contribution is -2.43. The normalized spacial score (nSPS) is 20.0. The largest absolute Gasteiger partial charge is 0.466 e. The lowest BCUT2D eigenvalue weighted by atomic mass is 10.2. The highest BCUT2D eigenvalue weighted by Crippen LogP contribution is 2.41. The lowest BCUT2D eigenvalue weighted by Gasteiger charge is -2.25. The molecule has 1 aliphatic rings. The number of ether oxygens (including phenoxy) is 1. The molecule has 1 aromatic heterocycles. The van der Waals surface area contributed by atoms with Crippen LogP contribution in [0.5, 0.6) is 0 Å². The molecule has 1 saturated heterocycles. The van der Waals surface area contributed by atoms with Crippen molar-refractivity contribution in [2.75, 3.05) is 18.9 Å². The molecule has 132 valence electrons. The first-order chi connectivity index (χ1) is 11.5. The van der Waals surface area contributed by atoms with Gasteiger partial charge in [0.25, 0.3) is 5.91 Å². The standard InChI is InChI=1S/C16H22N2O5S/c1-3-4-7-17-14(20)9-23-16(21)12-10-24-15(18(12)11(2)19)13-6-5-8-22-13/h5-6,8,12,15H,3-4,7,9-10H2,1-2H3,(H,17,20)/t12-,15-/m1/s1. The molecule has 0 spiro atoms. The molecule has 1 aliphatic heterocycles. The number of unbranched alkanes of at least 4 members (excludes halogenated alkanes) is 1. The van der Waals surface area contributed by atoms with E-state index in [-0.39, 0.29) is 23.8 Å². The van der Waals surface area contributed by atoms with Gasteiger partial charge in [0.2, 0.25) is 5.91 Å². The minimum Gasteiger partial charge on any atom is -0.466 e. The molecule has 0 aliphatic carbocycles. The number of nitrogens with zero attached hydrogens (tertiary/aromatic N) is 1. The molecular weight excluding hydrogens is 332 g/mol. The number of thioether (sulfide) groups is 1. The summed E-state index contributed by atoms with van der Waals surface area (Å²) in [5.41, 5.74) is 0. The Morgan fingerprint density at radius 3 is 2.88 bits per heavy atom. The van der Waals surface area contributed by atoms with Crippen molar-refractivity contribution in [1.29, 1.82) is 0 Å². The van der Waals surface area contributed by atoms with Gasteiger partial charge in [-0.2, -0.15) is 0 Å². The topological polar surface area (TPSA) is 88.8 Å². The Balaban J connectivity index is 1.91. The second-order valence-electron chi connectivity index (χ2n) is 5.45. The van der Waals surface area contributed by atoms with E-state index in [1.54, 1.807) is 12.1 Å². The summed E-state index contributed by atoms with van der Waals surface area (Å²) < 4.78 is 10.4. The Morgan fingerprint density at radius 1 is 1.46 bits per heavy atom. The van der Waals surface area contributed by atoms with Crippen LogP contribution in [0.15, 0.2) is 22.8 Å². The molecule has 0 bridgehead atoms. The minimum absolute atomic E-state index is 0.240. The van der Waals surface area contributed by atoms with Crippen molar-refractivity contribution in [1.82, 2.24) is 10.2 Å². The van der Waals surface area contributed by atoms with E-state index in [4.69, 9.17) is 9.15 Å². The molecule has 1 fully saturated rings. The summed E-state index contributed by atoms with van der Waals surface area (Å²) in [6, 6.07) is 2.79. The highest BCUT2D eigenvalue weighted by atomic mass is 32.2. The second-order valence-corrected chi connectivity index (χ2v) is 6.57. The Morgan fingerprint density at radius 2 is 2.25 bits per heavy atom. The maximum Gasteiger partial charge on any atom is 0.330 e. The smallest absolute Gasteiger partial charge is 0.330 e. The molecule has 8 heteroatoms. The third kappa shape index (κ3) is 4.53. The van der Waals surface area contributed by atoms with E-state index in [9.17, 15) is 14.4 Å². The number of hydrogen-bond acceptors (Lipinski definition) is 6. The first-order valence-electron chi connectivity index (χ1n) is 7.91. The zero-order chi connectivity index (χ0) is 17.5. The molecule has 2 heterocycles. The maximum atomic E-state index is 12.3. The summed E-state index contributed by atoms with van der Waals surface area (Å²) >= 11 is 1.43. The second kappa shape index (κ2) is 8.77. The van der Waals surface area contributed by atoms with E-state index < -0.39 is 12.0 Å². The monoisotopic (exact) mass is 354 g/mol. The van der Waals surface area contributed by atoms with Crippen molar-refractivity contribution in [2.45, 2.75) is 38.1 Å². The quantitative estimate of drug-likeness (QED) is 0.592. The van der Waals surface area contributed by atoms with E-state index in [0.717, 1.165) is 12.8 Å². The van der Waals surface area contributed by atoms with E-state index in [2.05, 4.69) is 5.32 Å². The number of nitrogens with one attached hydrogen (secondary N) is 1. The molecular formula is C16H22N2O5S. The Labute approximate surface area is 145 Å². The fourth-order valence-electron chi connectivity index (χ4n) is 2.41. The summed E-state index contributed by atoms with van der Waals surface area (Å²) in [7, 11) is 0. The van der Waals surface area contributed by atoms with Crippen molar-refractivity contribution in [2.24, 2.45) is 0 Å². The molecule has 1 aromatic rings. The Hall–Kier alpha value is -1.96. The van der Waals surface area contributed by atoms with Gasteiger partial charge in [0.05, 0.1) is 6.26 Å². The zero-order valence-electron chi connectivity index (χ0n) is 13.8. The van der Waals surface area contributed by atoms with Gasteiger partial charge in [0.1, 0.15) is 17.2 Å². The van der Waals surface area contributed by atoms with Crippen molar-refractivity contribution >= 4 is 29.5 Å². The summed E-state index contributed by atoms with van der Waals surface area (Å²) in [4.78, 5) is 37.3. The van der Waals surface area contributed by atoms with E-state index in [1.807, 2.05) is 6.92 Å². The molecule has 0 radical (unpaired) electrons. The third-order valence-corrected chi connectivity index (χ3v) is 4.90. The van der Waals surface area contributed by atoms with Crippen molar-refractivity contribution in [3.63, 3.8) is 0 Å². The molecule has 0 aromatic carbocycles. The number of carbonyl (C=O) groups excluding carboxylic acids is 3. The molecule has 2 rings (SSSR count). The number of hydrogen-bond donors (Lipinski definition) is 1. The van der Waals surface area contributed by atoms with Crippen LogP contribution in [0.4, 0.5) is 0 Å². The minimum atomic E-state index is -0.717. The zero-order valence-corrected chi connectivity index (χ0v) is 14.6. The average molecular weight is 354 g/mol. The number of furan rings is 1. The van der Waals surface area contributed by atoms with Crippen LogP contribution in [0, 0.1) is 0 Å². The number of amides is 2. The van der Waals surface area contributed by atoms with Gasteiger partial charge < -0.3 is 19.4 Å². The van der Waals surface area contributed by atoms with Gasteiger partial charge in [-0.3, -0.25) is 9.59 Å². The van der Waals surface area contributed by atoms with Crippen molar-refractivity contribution in [3.8, 4) is 0 Å². The van der Waals surface area contributed by atoms with Crippen LogP contribution in [0.2, 0.25) is 0 Å². The summed E-state index contributed by atoms with van der Waals surface area (Å²) in [6.45, 7) is 3.66. The van der Waals surface area contributed by atoms with Gasteiger partial charge in [-0.15, -0.1) is 11.8 Å². The van der Waals surface area contributed by atoms with Gasteiger partial charge >= 0.3 is 5.97 Å². The van der Waals surface area contributed by atoms with Crippen LogP contribution in [0.1, 0.15) is 37.8 Å². The Bertz CT molecular complexity index is 575. The summed E-state index contributed by atoms with van der Waals surface area (Å²) in [6.07, 6.45) is 3.38. The number of esters is 1. The predicted octanol–water partition coefficient (Wildman–Crippen LogP) is 1.70. The van der Waals surface area contributed by atoms with Crippen molar-refractivity contribution in [3.05, 3.63) is 24.2 Å². The molecule has 24 heavy (non-hydrogen) atoms. The molecule has 2 amide bonds. The highest BCUT2D eigenvalue weighted by molar-refractivity contribution is 7.99. The van der Waals surface area contributed by atoms with Crippen LogP contribution < -0.4 is 5.32 Å². The molecule has 7 nitrogen and oxygen atoms in total. The predicted molar refractivity (Wildman–Crippen MR) is 89.1 cm³/mol. The molecule has 1 N–H and O–H groups in total. The molecule has 0 saturated carbocycles. The van der Waals surface area contributed by atoms with Gasteiger partial charge in [-0.05, 0) is 18.6 Å². The fraction of sp³-hybridized carbons (Fsp3) is 0.562. The van der Waals surface area contributed by atoms with Crippen molar-refractivity contribution < 1.29 is 23.5 Å². The lowest BCUT2D eigenvalue weighted by molar-refractivity contribution is -0.156. The van der Waals surface area contributed by atoms with Crippen LogP contribution in [0.25, 0.3) is 0 Å². The molecule has 0 unspecified atom stereocenters.